The first-order valence-corrected chi connectivity index (χ1v) is 7.17. The van der Waals surface area contributed by atoms with Gasteiger partial charge in [0.1, 0.15) is 5.82 Å². The first kappa shape index (κ1) is 14.5. The predicted molar refractivity (Wildman–Crippen MR) is 75.6 cm³/mol. The van der Waals surface area contributed by atoms with Crippen LogP contribution in [0.5, 0.6) is 0 Å². The standard InChI is InChI=1S/C16H24FNO/c1-4-16(3,18-7-5-6-8-18)15(19)13-9-12(2)10-14(17)11-13/h9-11,15,19H,4-8H2,1-3H3. The second-order valence-electron chi connectivity index (χ2n) is 5.87. The van der Waals surface area contributed by atoms with Gasteiger partial charge in [0.2, 0.25) is 0 Å². The minimum Gasteiger partial charge on any atom is -0.386 e. The van der Waals surface area contributed by atoms with Crippen LogP contribution in [0.3, 0.4) is 0 Å². The molecule has 0 aromatic heterocycles. The normalized spacial score (nSPS) is 21.3. The Morgan fingerprint density at radius 1 is 1.32 bits per heavy atom. The van der Waals surface area contributed by atoms with E-state index in [2.05, 4.69) is 18.7 Å². The van der Waals surface area contributed by atoms with Crippen LogP contribution in [0.2, 0.25) is 0 Å². The van der Waals surface area contributed by atoms with Crippen LogP contribution in [0.4, 0.5) is 4.39 Å². The maximum atomic E-state index is 13.5. The molecule has 2 nitrogen and oxygen atoms in total. The maximum Gasteiger partial charge on any atom is 0.123 e. The Morgan fingerprint density at radius 3 is 2.47 bits per heavy atom. The van der Waals surface area contributed by atoms with E-state index in [1.165, 1.54) is 25.0 Å². The number of likely N-dealkylation sites (tertiary alicyclic amines) is 1. The predicted octanol–water partition coefficient (Wildman–Crippen LogP) is 3.43. The van der Waals surface area contributed by atoms with Crippen LogP contribution in [0, 0.1) is 12.7 Å². The fraction of sp³-hybridized carbons (Fsp3) is 0.625. The average molecular weight is 265 g/mol. The molecule has 2 rings (SSSR count). The van der Waals surface area contributed by atoms with Gasteiger partial charge in [0.05, 0.1) is 6.10 Å². The highest BCUT2D eigenvalue weighted by molar-refractivity contribution is 5.27. The zero-order valence-corrected chi connectivity index (χ0v) is 12.1. The van der Waals surface area contributed by atoms with Crippen molar-refractivity contribution in [3.8, 4) is 0 Å². The molecule has 1 heterocycles. The lowest BCUT2D eigenvalue weighted by molar-refractivity contribution is -0.0141. The van der Waals surface area contributed by atoms with Gasteiger partial charge in [-0.15, -0.1) is 0 Å². The summed E-state index contributed by atoms with van der Waals surface area (Å²) in [7, 11) is 0. The molecular weight excluding hydrogens is 241 g/mol. The maximum absolute atomic E-state index is 13.5. The van der Waals surface area contributed by atoms with Crippen LogP contribution in [0.1, 0.15) is 50.3 Å². The second kappa shape index (κ2) is 5.59. The zero-order valence-electron chi connectivity index (χ0n) is 12.1. The number of benzene rings is 1. The van der Waals surface area contributed by atoms with E-state index < -0.39 is 6.10 Å². The number of hydrogen-bond donors (Lipinski definition) is 1. The number of aliphatic hydroxyl groups excluding tert-OH is 1. The van der Waals surface area contributed by atoms with Gasteiger partial charge >= 0.3 is 0 Å². The largest absolute Gasteiger partial charge is 0.386 e. The number of rotatable bonds is 4. The molecule has 1 N–H and O–H groups in total. The molecule has 1 fully saturated rings. The van der Waals surface area contributed by atoms with Gasteiger partial charge in [0, 0.05) is 5.54 Å². The Hall–Kier alpha value is -0.930. The van der Waals surface area contributed by atoms with Crippen molar-refractivity contribution in [1.29, 1.82) is 0 Å². The van der Waals surface area contributed by atoms with E-state index in [-0.39, 0.29) is 11.4 Å². The zero-order chi connectivity index (χ0) is 14.0. The van der Waals surface area contributed by atoms with Gasteiger partial charge in [0.25, 0.3) is 0 Å². The molecule has 0 spiro atoms. The highest BCUT2D eigenvalue weighted by Gasteiger charge is 2.39. The SMILES string of the molecule is CCC(C)(C(O)c1cc(C)cc(F)c1)N1CCCC1. The molecule has 0 saturated carbocycles. The summed E-state index contributed by atoms with van der Waals surface area (Å²) in [6.07, 6.45) is 2.57. The molecule has 106 valence electrons. The molecule has 2 unspecified atom stereocenters. The molecule has 0 bridgehead atoms. The Morgan fingerprint density at radius 2 is 1.95 bits per heavy atom. The second-order valence-corrected chi connectivity index (χ2v) is 5.87. The third kappa shape index (κ3) is 2.82. The van der Waals surface area contributed by atoms with Gasteiger partial charge in [-0.05, 0) is 69.5 Å². The summed E-state index contributed by atoms with van der Waals surface area (Å²) in [5.41, 5.74) is 1.24. The van der Waals surface area contributed by atoms with E-state index in [1.807, 2.05) is 13.0 Å². The van der Waals surface area contributed by atoms with Gasteiger partial charge in [-0.2, -0.15) is 0 Å². The highest BCUT2D eigenvalue weighted by Crippen LogP contribution is 2.36. The van der Waals surface area contributed by atoms with E-state index in [0.29, 0.717) is 5.56 Å². The van der Waals surface area contributed by atoms with Gasteiger partial charge in [-0.25, -0.2) is 4.39 Å². The summed E-state index contributed by atoms with van der Waals surface area (Å²) in [6.45, 7) is 8.08. The lowest BCUT2D eigenvalue weighted by atomic mass is 9.85. The molecule has 3 heteroatoms. The molecule has 1 aromatic carbocycles. The van der Waals surface area contributed by atoms with Crippen molar-refractivity contribution in [3.05, 3.63) is 35.1 Å². The molecule has 1 saturated heterocycles. The first-order chi connectivity index (χ1) is 8.97. The molecule has 0 aliphatic carbocycles. The topological polar surface area (TPSA) is 23.5 Å². The molecule has 0 radical (unpaired) electrons. The molecule has 2 atom stereocenters. The van der Waals surface area contributed by atoms with E-state index in [0.717, 1.165) is 25.1 Å². The quantitative estimate of drug-likeness (QED) is 0.901. The molecular formula is C16H24FNO. The number of hydrogen-bond acceptors (Lipinski definition) is 2. The summed E-state index contributed by atoms with van der Waals surface area (Å²) in [6, 6.07) is 4.84. The monoisotopic (exact) mass is 265 g/mol. The number of halogens is 1. The summed E-state index contributed by atoms with van der Waals surface area (Å²) >= 11 is 0. The van der Waals surface area contributed by atoms with Crippen LogP contribution in [-0.2, 0) is 0 Å². The lowest BCUT2D eigenvalue weighted by Gasteiger charge is -2.42. The van der Waals surface area contributed by atoms with Crippen molar-refractivity contribution >= 4 is 0 Å². The van der Waals surface area contributed by atoms with Gasteiger partial charge in [0.15, 0.2) is 0 Å². The molecule has 0 amide bonds. The highest BCUT2D eigenvalue weighted by atomic mass is 19.1. The van der Waals surface area contributed by atoms with Crippen LogP contribution in [0.25, 0.3) is 0 Å². The summed E-state index contributed by atoms with van der Waals surface area (Å²) in [5, 5.41) is 10.7. The number of nitrogens with zero attached hydrogens (tertiary/aromatic N) is 1. The smallest absolute Gasteiger partial charge is 0.123 e. The average Bonchev–Trinajstić information content (AvgIpc) is 2.90. The summed E-state index contributed by atoms with van der Waals surface area (Å²) in [5.74, 6) is -0.270. The minimum absolute atomic E-state index is 0.270. The van der Waals surface area contributed by atoms with Crippen molar-refractivity contribution in [2.24, 2.45) is 0 Å². The summed E-state index contributed by atoms with van der Waals surface area (Å²) < 4.78 is 13.5. The Kier molecular flexibility index (Phi) is 4.26. The minimum atomic E-state index is -0.648. The fourth-order valence-electron chi connectivity index (χ4n) is 3.10. The lowest BCUT2D eigenvalue weighted by Crippen LogP contribution is -2.49. The molecule has 19 heavy (non-hydrogen) atoms. The van der Waals surface area contributed by atoms with Crippen molar-refractivity contribution in [2.75, 3.05) is 13.1 Å². The van der Waals surface area contributed by atoms with Crippen LogP contribution < -0.4 is 0 Å². The van der Waals surface area contributed by atoms with Gasteiger partial charge < -0.3 is 5.11 Å². The molecule has 1 aliphatic rings. The van der Waals surface area contributed by atoms with Crippen molar-refractivity contribution in [3.63, 3.8) is 0 Å². The molecule has 1 aliphatic heterocycles. The van der Waals surface area contributed by atoms with Crippen molar-refractivity contribution < 1.29 is 9.50 Å². The number of aliphatic hydroxyl groups is 1. The third-order valence-corrected chi connectivity index (χ3v) is 4.51. The van der Waals surface area contributed by atoms with Crippen molar-refractivity contribution in [2.45, 2.75) is 51.7 Å². The van der Waals surface area contributed by atoms with E-state index in [4.69, 9.17) is 0 Å². The van der Waals surface area contributed by atoms with E-state index >= 15 is 0 Å². The van der Waals surface area contributed by atoms with Crippen LogP contribution in [-0.4, -0.2) is 28.6 Å². The van der Waals surface area contributed by atoms with E-state index in [9.17, 15) is 9.50 Å². The Labute approximate surface area is 115 Å². The van der Waals surface area contributed by atoms with Crippen LogP contribution in [0.15, 0.2) is 18.2 Å². The molecule has 1 aromatic rings. The first-order valence-electron chi connectivity index (χ1n) is 7.17. The Bertz CT molecular complexity index is 422. The van der Waals surface area contributed by atoms with Crippen LogP contribution >= 0.6 is 0 Å². The Balaban J connectivity index is 2.31. The van der Waals surface area contributed by atoms with Crippen molar-refractivity contribution in [1.82, 2.24) is 4.90 Å². The van der Waals surface area contributed by atoms with Gasteiger partial charge in [-0.3, -0.25) is 4.90 Å². The van der Waals surface area contributed by atoms with E-state index in [1.54, 1.807) is 0 Å². The van der Waals surface area contributed by atoms with Gasteiger partial charge in [-0.1, -0.05) is 13.0 Å². The summed E-state index contributed by atoms with van der Waals surface area (Å²) in [4.78, 5) is 2.35. The third-order valence-electron chi connectivity index (χ3n) is 4.51. The number of aryl methyl sites for hydroxylation is 1. The fourth-order valence-corrected chi connectivity index (χ4v) is 3.10.